The van der Waals surface area contributed by atoms with E-state index in [9.17, 15) is 18.4 Å². The summed E-state index contributed by atoms with van der Waals surface area (Å²) < 4.78 is 27.7. The molecule has 2 aromatic rings. The molecule has 0 aliphatic carbocycles. The minimum Gasteiger partial charge on any atom is -0.309 e. The van der Waals surface area contributed by atoms with Crippen molar-refractivity contribution in [2.45, 2.75) is 19.3 Å². The van der Waals surface area contributed by atoms with Crippen molar-refractivity contribution in [1.29, 1.82) is 0 Å². The first-order valence-electron chi connectivity index (χ1n) is 8.86. The molecule has 0 fully saturated rings. The Morgan fingerprint density at radius 3 is 2.63 bits per heavy atom. The van der Waals surface area contributed by atoms with E-state index < -0.39 is 11.6 Å². The van der Waals surface area contributed by atoms with Crippen LogP contribution in [0.5, 0.6) is 0 Å². The first-order chi connectivity index (χ1) is 13.0. The van der Waals surface area contributed by atoms with Crippen molar-refractivity contribution in [2.24, 2.45) is 0 Å². The Morgan fingerprint density at radius 2 is 1.89 bits per heavy atom. The van der Waals surface area contributed by atoms with Crippen LogP contribution in [0, 0.1) is 11.6 Å². The van der Waals surface area contributed by atoms with Gasteiger partial charge in [0.15, 0.2) is 0 Å². The molecule has 2 aromatic carbocycles. The number of benzene rings is 2. The van der Waals surface area contributed by atoms with Crippen molar-refractivity contribution in [3.63, 3.8) is 0 Å². The second kappa shape index (κ2) is 6.61. The molecule has 0 saturated heterocycles. The molecule has 2 aliphatic heterocycles. The van der Waals surface area contributed by atoms with Crippen LogP contribution in [0.2, 0.25) is 0 Å². The smallest absolute Gasteiger partial charge is 0.258 e. The third-order valence-corrected chi connectivity index (χ3v) is 5.09. The number of rotatable bonds is 3. The van der Waals surface area contributed by atoms with E-state index in [1.807, 2.05) is 12.1 Å². The van der Waals surface area contributed by atoms with Crippen LogP contribution in [-0.4, -0.2) is 29.8 Å². The summed E-state index contributed by atoms with van der Waals surface area (Å²) in [5, 5.41) is 0. The molecular formula is C21H18F2N2O2. The van der Waals surface area contributed by atoms with Gasteiger partial charge in [-0.15, -0.1) is 0 Å². The van der Waals surface area contributed by atoms with E-state index in [1.165, 1.54) is 15.9 Å². The first-order valence-corrected chi connectivity index (χ1v) is 8.86. The van der Waals surface area contributed by atoms with Gasteiger partial charge in [0.2, 0.25) is 5.91 Å². The van der Waals surface area contributed by atoms with Gasteiger partial charge in [-0.2, -0.15) is 0 Å². The predicted molar refractivity (Wildman–Crippen MR) is 98.2 cm³/mol. The zero-order valence-corrected chi connectivity index (χ0v) is 14.7. The molecule has 27 heavy (non-hydrogen) atoms. The number of aryl methyl sites for hydroxylation is 1. The summed E-state index contributed by atoms with van der Waals surface area (Å²) in [4.78, 5) is 28.1. The van der Waals surface area contributed by atoms with Crippen molar-refractivity contribution < 1.29 is 18.4 Å². The molecule has 138 valence electrons. The van der Waals surface area contributed by atoms with E-state index in [0.717, 1.165) is 11.6 Å². The second-order valence-electron chi connectivity index (χ2n) is 6.74. The molecular weight excluding hydrogens is 350 g/mol. The van der Waals surface area contributed by atoms with Crippen LogP contribution in [0.25, 0.3) is 5.70 Å². The van der Waals surface area contributed by atoms with E-state index >= 15 is 0 Å². The standard InChI is InChI=1S/C21H18F2N2O2/c1-13-16-6-2-3-7-17(16)21(27)24(13)10-8-19(26)25-9-4-5-14-11-15(22)12-18(23)20(14)25/h2-3,6-7,11-12H,1,4-5,8-10H2. The molecule has 0 N–H and O–H groups in total. The maximum atomic E-state index is 14.3. The Morgan fingerprint density at radius 1 is 1.15 bits per heavy atom. The van der Waals surface area contributed by atoms with Crippen molar-refractivity contribution in [2.75, 3.05) is 18.0 Å². The van der Waals surface area contributed by atoms with Crippen LogP contribution in [0.1, 0.15) is 34.3 Å². The van der Waals surface area contributed by atoms with Crippen molar-refractivity contribution >= 4 is 23.2 Å². The van der Waals surface area contributed by atoms with Gasteiger partial charge < -0.3 is 9.80 Å². The molecule has 0 radical (unpaired) electrons. The Bertz CT molecular complexity index is 936. The maximum absolute atomic E-state index is 14.3. The lowest BCUT2D eigenvalue weighted by Crippen LogP contribution is -2.38. The molecule has 0 atom stereocenters. The number of carbonyl (C=O) groups is 2. The van der Waals surface area contributed by atoms with Crippen molar-refractivity contribution in [3.8, 4) is 0 Å². The molecule has 4 nitrogen and oxygen atoms in total. The maximum Gasteiger partial charge on any atom is 0.258 e. The highest BCUT2D eigenvalue weighted by atomic mass is 19.1. The summed E-state index contributed by atoms with van der Waals surface area (Å²) in [5.41, 5.74) is 2.55. The summed E-state index contributed by atoms with van der Waals surface area (Å²) in [6.45, 7) is 4.50. The summed E-state index contributed by atoms with van der Waals surface area (Å²) in [5.74, 6) is -1.85. The van der Waals surface area contributed by atoms with Gasteiger partial charge in [-0.05, 0) is 30.5 Å². The molecule has 2 amide bonds. The van der Waals surface area contributed by atoms with Gasteiger partial charge >= 0.3 is 0 Å². The van der Waals surface area contributed by atoms with Crippen LogP contribution in [0.3, 0.4) is 0 Å². The molecule has 0 bridgehead atoms. The Kier molecular flexibility index (Phi) is 4.26. The second-order valence-corrected chi connectivity index (χ2v) is 6.74. The monoisotopic (exact) mass is 368 g/mol. The van der Waals surface area contributed by atoms with Gasteiger partial charge in [-0.3, -0.25) is 9.59 Å². The summed E-state index contributed by atoms with van der Waals surface area (Å²) in [6, 6.07) is 9.24. The minimum absolute atomic E-state index is 0.0367. The topological polar surface area (TPSA) is 40.6 Å². The lowest BCUT2D eigenvalue weighted by atomic mass is 10.0. The minimum atomic E-state index is -0.730. The van der Waals surface area contributed by atoms with Gasteiger partial charge in [-0.25, -0.2) is 8.78 Å². The number of anilines is 1. The SMILES string of the molecule is C=C1c2ccccc2C(=O)N1CCC(=O)N1CCCc2cc(F)cc(F)c21. The van der Waals surface area contributed by atoms with E-state index in [0.29, 0.717) is 36.2 Å². The number of fused-ring (bicyclic) bond motifs is 2. The molecule has 2 aliphatic rings. The van der Waals surface area contributed by atoms with Gasteiger partial charge in [0, 0.05) is 42.4 Å². The molecule has 0 spiro atoms. The zero-order valence-electron chi connectivity index (χ0n) is 14.7. The van der Waals surface area contributed by atoms with E-state index in [4.69, 9.17) is 0 Å². The molecule has 4 rings (SSSR count). The van der Waals surface area contributed by atoms with Crippen molar-refractivity contribution in [3.05, 3.63) is 71.3 Å². The molecule has 0 aromatic heterocycles. The largest absolute Gasteiger partial charge is 0.309 e. The fourth-order valence-corrected chi connectivity index (χ4v) is 3.81. The van der Waals surface area contributed by atoms with Gasteiger partial charge in [0.05, 0.1) is 5.69 Å². The lowest BCUT2D eigenvalue weighted by molar-refractivity contribution is -0.118. The van der Waals surface area contributed by atoms with Crippen LogP contribution in [0.15, 0.2) is 43.0 Å². The number of amides is 2. The molecule has 0 unspecified atom stereocenters. The number of hydrogen-bond acceptors (Lipinski definition) is 2. The number of nitrogens with zero attached hydrogens (tertiary/aromatic N) is 2. The number of hydrogen-bond donors (Lipinski definition) is 0. The van der Waals surface area contributed by atoms with E-state index in [-0.39, 0.29) is 30.5 Å². The summed E-state index contributed by atoms with van der Waals surface area (Å²) in [7, 11) is 0. The predicted octanol–water partition coefficient (Wildman–Crippen LogP) is 3.76. The highest BCUT2D eigenvalue weighted by Crippen LogP contribution is 2.33. The van der Waals surface area contributed by atoms with Gasteiger partial charge in [0.1, 0.15) is 11.6 Å². The average molecular weight is 368 g/mol. The highest BCUT2D eigenvalue weighted by molar-refractivity contribution is 6.09. The Balaban J connectivity index is 1.51. The molecule has 6 heteroatoms. The fourth-order valence-electron chi connectivity index (χ4n) is 3.81. The van der Waals surface area contributed by atoms with Crippen LogP contribution in [-0.2, 0) is 11.2 Å². The Labute approximate surface area is 155 Å². The van der Waals surface area contributed by atoms with Crippen LogP contribution >= 0.6 is 0 Å². The average Bonchev–Trinajstić information content (AvgIpc) is 2.90. The number of halogens is 2. The van der Waals surface area contributed by atoms with Gasteiger partial charge in [-0.1, -0.05) is 24.8 Å². The Hall–Kier alpha value is -3.02. The summed E-state index contributed by atoms with van der Waals surface area (Å²) in [6.07, 6.45) is 1.21. The number of carbonyl (C=O) groups excluding carboxylic acids is 2. The zero-order chi connectivity index (χ0) is 19.1. The van der Waals surface area contributed by atoms with E-state index in [1.54, 1.807) is 12.1 Å². The normalized spacial score (nSPS) is 15.8. The third-order valence-electron chi connectivity index (χ3n) is 5.09. The third kappa shape index (κ3) is 2.91. The van der Waals surface area contributed by atoms with Crippen LogP contribution in [0.4, 0.5) is 14.5 Å². The lowest BCUT2D eigenvalue weighted by Gasteiger charge is -2.30. The van der Waals surface area contributed by atoms with Crippen molar-refractivity contribution in [1.82, 2.24) is 4.90 Å². The molecule has 2 heterocycles. The van der Waals surface area contributed by atoms with Gasteiger partial charge in [0.25, 0.3) is 5.91 Å². The molecule has 0 saturated carbocycles. The summed E-state index contributed by atoms with van der Waals surface area (Å²) >= 11 is 0. The fraction of sp³-hybridized carbons (Fsp3) is 0.238. The van der Waals surface area contributed by atoms with E-state index in [2.05, 4.69) is 6.58 Å². The first kappa shape index (κ1) is 17.4. The van der Waals surface area contributed by atoms with Crippen LogP contribution < -0.4 is 4.90 Å². The highest BCUT2D eigenvalue weighted by Gasteiger charge is 2.32. The quantitative estimate of drug-likeness (QED) is 0.828.